The van der Waals surface area contributed by atoms with Gasteiger partial charge in [-0.1, -0.05) is 19.9 Å². The third-order valence-electron chi connectivity index (χ3n) is 5.32. The van der Waals surface area contributed by atoms with Crippen LogP contribution in [0.5, 0.6) is 0 Å². The molecule has 1 atom stereocenters. The number of anilines is 1. The van der Waals surface area contributed by atoms with Crippen LogP contribution < -0.4 is 4.90 Å². The van der Waals surface area contributed by atoms with Gasteiger partial charge in [-0.2, -0.15) is 0 Å². The van der Waals surface area contributed by atoms with E-state index in [4.69, 9.17) is 0 Å². The van der Waals surface area contributed by atoms with Crippen LogP contribution in [0.2, 0.25) is 0 Å². The van der Waals surface area contributed by atoms with E-state index in [0.29, 0.717) is 24.2 Å². The largest absolute Gasteiger partial charge is 0.354 e. The lowest BCUT2D eigenvalue weighted by molar-refractivity contribution is -0.133. The van der Waals surface area contributed by atoms with E-state index in [1.807, 2.05) is 12.3 Å². The van der Waals surface area contributed by atoms with Crippen LogP contribution in [0.4, 0.5) is 5.82 Å². The molecule has 0 unspecified atom stereocenters. The van der Waals surface area contributed by atoms with E-state index in [2.05, 4.69) is 45.7 Å². The van der Waals surface area contributed by atoms with Crippen LogP contribution in [0.15, 0.2) is 24.4 Å². The van der Waals surface area contributed by atoms with Gasteiger partial charge in [0.15, 0.2) is 0 Å². The Labute approximate surface area is 152 Å². The van der Waals surface area contributed by atoms with Crippen LogP contribution in [0.25, 0.3) is 0 Å². The second-order valence-corrected chi connectivity index (χ2v) is 7.92. The molecule has 1 amide bonds. The number of piperidine rings is 1. The minimum Gasteiger partial charge on any atom is -0.354 e. The number of carbonyl (C=O) groups excluding carboxylic acids is 1. The zero-order valence-electron chi connectivity index (χ0n) is 15.7. The minimum atomic E-state index is 0.347. The van der Waals surface area contributed by atoms with Gasteiger partial charge in [0.1, 0.15) is 5.82 Å². The third kappa shape index (κ3) is 5.18. The zero-order valence-corrected chi connectivity index (χ0v) is 15.7. The molecule has 138 valence electrons. The van der Waals surface area contributed by atoms with Gasteiger partial charge in [0.05, 0.1) is 0 Å². The molecule has 5 heteroatoms. The summed E-state index contributed by atoms with van der Waals surface area (Å²) in [6.07, 6.45) is 4.97. The van der Waals surface area contributed by atoms with Crippen molar-refractivity contribution in [2.75, 3.05) is 50.7 Å². The highest BCUT2D eigenvalue weighted by molar-refractivity contribution is 5.76. The lowest BCUT2D eigenvalue weighted by atomic mass is 9.96. The number of aromatic nitrogens is 1. The van der Waals surface area contributed by atoms with Crippen molar-refractivity contribution in [1.29, 1.82) is 0 Å². The summed E-state index contributed by atoms with van der Waals surface area (Å²) in [6, 6.07) is 6.11. The Morgan fingerprint density at radius 2 is 2.00 bits per heavy atom. The molecule has 0 N–H and O–H groups in total. The van der Waals surface area contributed by atoms with E-state index in [1.54, 1.807) is 0 Å². The van der Waals surface area contributed by atoms with E-state index in [-0.39, 0.29) is 0 Å². The van der Waals surface area contributed by atoms with Crippen molar-refractivity contribution >= 4 is 11.7 Å². The predicted octanol–water partition coefficient (Wildman–Crippen LogP) is 2.49. The van der Waals surface area contributed by atoms with Gasteiger partial charge in [0.2, 0.25) is 5.91 Å². The highest BCUT2D eigenvalue weighted by atomic mass is 16.2. The fourth-order valence-electron chi connectivity index (χ4n) is 3.98. The molecule has 25 heavy (non-hydrogen) atoms. The summed E-state index contributed by atoms with van der Waals surface area (Å²) >= 11 is 0. The summed E-state index contributed by atoms with van der Waals surface area (Å²) in [6.45, 7) is 11.5. The van der Waals surface area contributed by atoms with E-state index >= 15 is 0 Å². The first-order valence-corrected chi connectivity index (χ1v) is 9.78. The molecule has 2 aliphatic rings. The Bertz CT molecular complexity index is 540. The lowest BCUT2D eigenvalue weighted by Gasteiger charge is -2.39. The highest BCUT2D eigenvalue weighted by Gasteiger charge is 2.27. The van der Waals surface area contributed by atoms with Gasteiger partial charge in [-0.15, -0.1) is 0 Å². The number of rotatable bonds is 5. The summed E-state index contributed by atoms with van der Waals surface area (Å²) in [5.74, 6) is 2.52. The smallest absolute Gasteiger partial charge is 0.222 e. The van der Waals surface area contributed by atoms with Crippen LogP contribution in [0.1, 0.15) is 33.1 Å². The van der Waals surface area contributed by atoms with Crippen molar-refractivity contribution < 1.29 is 4.79 Å². The molecule has 2 aliphatic heterocycles. The number of hydrogen-bond donors (Lipinski definition) is 0. The normalized spacial score (nSPS) is 22.4. The molecule has 3 rings (SSSR count). The molecule has 2 saturated heterocycles. The summed E-state index contributed by atoms with van der Waals surface area (Å²) in [5.41, 5.74) is 0. The number of nitrogens with zero attached hydrogens (tertiary/aromatic N) is 4. The first kappa shape index (κ1) is 18.2. The molecule has 1 aromatic rings. The second kappa shape index (κ2) is 8.65. The Morgan fingerprint density at radius 1 is 1.20 bits per heavy atom. The van der Waals surface area contributed by atoms with Crippen LogP contribution >= 0.6 is 0 Å². The molecule has 0 aromatic carbocycles. The molecular formula is C20H32N4O. The molecule has 3 heterocycles. The molecule has 2 fully saturated rings. The van der Waals surface area contributed by atoms with Crippen molar-refractivity contribution in [3.05, 3.63) is 24.4 Å². The first-order chi connectivity index (χ1) is 12.1. The fourth-order valence-corrected chi connectivity index (χ4v) is 3.98. The van der Waals surface area contributed by atoms with Gasteiger partial charge in [0.25, 0.3) is 0 Å². The van der Waals surface area contributed by atoms with Gasteiger partial charge >= 0.3 is 0 Å². The predicted molar refractivity (Wildman–Crippen MR) is 102 cm³/mol. The summed E-state index contributed by atoms with van der Waals surface area (Å²) < 4.78 is 0. The average molecular weight is 345 g/mol. The minimum absolute atomic E-state index is 0.347. The van der Waals surface area contributed by atoms with Crippen molar-refractivity contribution in [3.63, 3.8) is 0 Å². The number of hydrogen-bond acceptors (Lipinski definition) is 4. The van der Waals surface area contributed by atoms with Crippen molar-refractivity contribution in [2.45, 2.75) is 33.1 Å². The van der Waals surface area contributed by atoms with Gasteiger partial charge in [0, 0.05) is 58.4 Å². The lowest BCUT2D eigenvalue weighted by Crippen LogP contribution is -2.50. The maximum atomic E-state index is 12.3. The molecule has 0 radical (unpaired) electrons. The Balaban J connectivity index is 1.45. The summed E-state index contributed by atoms with van der Waals surface area (Å²) in [4.78, 5) is 23.9. The number of piperazine rings is 1. The van der Waals surface area contributed by atoms with E-state index in [0.717, 1.165) is 58.1 Å². The quantitative estimate of drug-likeness (QED) is 0.823. The maximum absolute atomic E-state index is 12.3. The monoisotopic (exact) mass is 344 g/mol. The highest BCUT2D eigenvalue weighted by Crippen LogP contribution is 2.21. The summed E-state index contributed by atoms with van der Waals surface area (Å²) in [5, 5.41) is 0. The summed E-state index contributed by atoms with van der Waals surface area (Å²) in [7, 11) is 0. The van der Waals surface area contributed by atoms with E-state index in [9.17, 15) is 4.79 Å². The van der Waals surface area contributed by atoms with Crippen LogP contribution in [0.3, 0.4) is 0 Å². The standard InChI is InChI=1S/C20H32N4O/c1-17(2)14-20(25)24-9-5-6-18(16-24)15-22-10-12-23(13-11-22)19-7-3-4-8-21-19/h3-4,7-8,17-18H,5-6,9-16H2,1-2H3/t18-/m0/s1. The van der Waals surface area contributed by atoms with E-state index in [1.165, 1.54) is 6.42 Å². The topological polar surface area (TPSA) is 39.7 Å². The van der Waals surface area contributed by atoms with Crippen molar-refractivity contribution in [1.82, 2.24) is 14.8 Å². The zero-order chi connectivity index (χ0) is 17.6. The number of likely N-dealkylation sites (tertiary alicyclic amines) is 1. The van der Waals surface area contributed by atoms with E-state index < -0.39 is 0 Å². The van der Waals surface area contributed by atoms with Crippen LogP contribution in [-0.4, -0.2) is 66.5 Å². The Morgan fingerprint density at radius 3 is 2.68 bits per heavy atom. The van der Waals surface area contributed by atoms with Crippen molar-refractivity contribution in [3.8, 4) is 0 Å². The van der Waals surface area contributed by atoms with Crippen LogP contribution in [0, 0.1) is 11.8 Å². The number of carbonyl (C=O) groups is 1. The van der Waals surface area contributed by atoms with Crippen molar-refractivity contribution in [2.24, 2.45) is 11.8 Å². The molecule has 0 saturated carbocycles. The van der Waals surface area contributed by atoms with Gasteiger partial charge in [-0.05, 0) is 36.8 Å². The molecular weight excluding hydrogens is 312 g/mol. The first-order valence-electron chi connectivity index (χ1n) is 9.78. The molecule has 5 nitrogen and oxygen atoms in total. The van der Waals surface area contributed by atoms with Gasteiger partial charge < -0.3 is 9.80 Å². The number of amides is 1. The Hall–Kier alpha value is -1.62. The number of pyridine rings is 1. The molecule has 1 aromatic heterocycles. The fraction of sp³-hybridized carbons (Fsp3) is 0.700. The maximum Gasteiger partial charge on any atom is 0.222 e. The van der Waals surface area contributed by atoms with Gasteiger partial charge in [-0.3, -0.25) is 9.69 Å². The Kier molecular flexibility index (Phi) is 6.29. The van der Waals surface area contributed by atoms with Crippen LogP contribution in [-0.2, 0) is 4.79 Å². The SMILES string of the molecule is CC(C)CC(=O)N1CCC[C@@H](CN2CCN(c3ccccn3)CC2)C1. The second-order valence-electron chi connectivity index (χ2n) is 7.92. The van der Waals surface area contributed by atoms with Gasteiger partial charge in [-0.25, -0.2) is 4.98 Å². The molecule has 0 bridgehead atoms. The molecule has 0 spiro atoms. The average Bonchev–Trinajstić information content (AvgIpc) is 2.63. The molecule has 0 aliphatic carbocycles. The third-order valence-corrected chi connectivity index (χ3v) is 5.32.